The van der Waals surface area contributed by atoms with Crippen molar-refractivity contribution in [2.45, 2.75) is 26.3 Å². The second-order valence-corrected chi connectivity index (χ2v) is 7.91. The Morgan fingerprint density at radius 1 is 1.19 bits per heavy atom. The van der Waals surface area contributed by atoms with E-state index in [0.717, 1.165) is 0 Å². The number of hydrogen-bond acceptors (Lipinski definition) is 3. The first kappa shape index (κ1) is 24.4. The van der Waals surface area contributed by atoms with E-state index >= 15 is 0 Å². The summed E-state index contributed by atoms with van der Waals surface area (Å²) in [6, 6.07) is 7.35. The van der Waals surface area contributed by atoms with E-state index in [4.69, 9.17) is 11.6 Å². The third-order valence-corrected chi connectivity index (χ3v) is 5.46. The van der Waals surface area contributed by atoms with E-state index in [1.807, 2.05) is 0 Å². The van der Waals surface area contributed by atoms with Crippen LogP contribution in [-0.2, 0) is 0 Å². The highest BCUT2D eigenvalue weighted by Gasteiger charge is 2.28. The lowest BCUT2D eigenvalue weighted by Crippen LogP contribution is -2.50. The van der Waals surface area contributed by atoms with E-state index in [9.17, 15) is 14.0 Å². The molecule has 1 aromatic heterocycles. The van der Waals surface area contributed by atoms with Crippen LogP contribution in [0.15, 0.2) is 36.5 Å². The quantitative estimate of drug-likeness (QED) is 0.732. The number of aromatic nitrogens is 1. The van der Waals surface area contributed by atoms with Crippen LogP contribution in [0.25, 0.3) is 11.3 Å². The van der Waals surface area contributed by atoms with Crippen LogP contribution in [0.3, 0.4) is 0 Å². The number of piperidine rings is 1. The zero-order chi connectivity index (χ0) is 21.8. The van der Waals surface area contributed by atoms with Crippen molar-refractivity contribution in [3.8, 4) is 11.3 Å². The summed E-state index contributed by atoms with van der Waals surface area (Å²) in [5.74, 6) is -0.372. The van der Waals surface area contributed by atoms with Crippen LogP contribution in [0.5, 0.6) is 0 Å². The molecule has 1 aliphatic heterocycles. The molecule has 2 heterocycles. The molecule has 168 valence electrons. The molecular weight excluding hydrogens is 421 g/mol. The Labute approximate surface area is 187 Å². The summed E-state index contributed by atoms with van der Waals surface area (Å²) in [5.41, 5.74) is 1.46. The fourth-order valence-electron chi connectivity index (χ4n) is 3.46. The summed E-state index contributed by atoms with van der Waals surface area (Å²) in [7, 11) is 5.19. The Hall–Kier alpha value is -2.87. The molecule has 1 aliphatic rings. The number of nitrogens with zero attached hydrogens (tertiary/aromatic N) is 4. The minimum atomic E-state index is -0.372. The number of nitrogens with one attached hydrogen (secondary N) is 1. The maximum Gasteiger partial charge on any atom is 0.321 e. The number of anilines is 1. The summed E-state index contributed by atoms with van der Waals surface area (Å²) in [4.78, 5) is 34.0. The fraction of sp³-hybridized carbons (Fsp3) is 0.409. The third kappa shape index (κ3) is 5.85. The van der Waals surface area contributed by atoms with Crippen LogP contribution in [0.2, 0.25) is 5.02 Å². The van der Waals surface area contributed by atoms with E-state index in [0.29, 0.717) is 47.9 Å². The molecule has 1 aromatic carbocycles. The van der Waals surface area contributed by atoms with E-state index in [-0.39, 0.29) is 31.3 Å². The first-order valence-corrected chi connectivity index (χ1v) is 10.1. The van der Waals surface area contributed by atoms with Gasteiger partial charge in [-0.15, -0.1) is 0 Å². The molecule has 2 aromatic rings. The first-order chi connectivity index (χ1) is 14.3. The number of hydrogen-bond donors (Lipinski definition) is 1. The van der Waals surface area contributed by atoms with Gasteiger partial charge in [0.2, 0.25) is 0 Å². The second-order valence-electron chi connectivity index (χ2n) is 7.50. The van der Waals surface area contributed by atoms with Crippen LogP contribution in [-0.4, -0.2) is 72.0 Å². The van der Waals surface area contributed by atoms with Gasteiger partial charge in [0.05, 0.1) is 22.6 Å². The molecule has 31 heavy (non-hydrogen) atoms. The molecule has 0 spiro atoms. The largest absolute Gasteiger partial charge is 0.331 e. The highest BCUT2D eigenvalue weighted by molar-refractivity contribution is 6.33. The van der Waals surface area contributed by atoms with Gasteiger partial charge in [0, 0.05) is 45.8 Å². The van der Waals surface area contributed by atoms with Crippen molar-refractivity contribution in [2.75, 3.05) is 39.5 Å². The molecule has 7 nitrogen and oxygen atoms in total. The lowest BCUT2D eigenvalue weighted by atomic mass is 10.0. The second kappa shape index (κ2) is 10.4. The third-order valence-electron chi connectivity index (χ3n) is 5.18. The van der Waals surface area contributed by atoms with Gasteiger partial charge in [-0.05, 0) is 31.0 Å². The highest BCUT2D eigenvalue weighted by atomic mass is 35.5. The molecule has 1 fully saturated rings. The Kier molecular flexibility index (Phi) is 8.21. The predicted molar refractivity (Wildman–Crippen MR) is 122 cm³/mol. The molecule has 3 rings (SSSR count). The van der Waals surface area contributed by atoms with Gasteiger partial charge >= 0.3 is 12.1 Å². The van der Waals surface area contributed by atoms with Crippen molar-refractivity contribution in [1.29, 1.82) is 0 Å². The normalized spacial score (nSPS) is 13.9. The number of likely N-dealkylation sites (tertiary alicyclic amines) is 1. The number of amides is 4. The predicted octanol–water partition coefficient (Wildman–Crippen LogP) is 4.79. The van der Waals surface area contributed by atoms with Gasteiger partial charge in [0.1, 0.15) is 5.82 Å². The van der Waals surface area contributed by atoms with Crippen LogP contribution in [0.4, 0.5) is 19.7 Å². The zero-order valence-electron chi connectivity index (χ0n) is 17.2. The lowest BCUT2D eigenvalue weighted by Gasteiger charge is -2.37. The molecule has 0 unspecified atom stereocenters. The fourth-order valence-corrected chi connectivity index (χ4v) is 3.73. The van der Waals surface area contributed by atoms with Crippen molar-refractivity contribution in [3.05, 3.63) is 47.4 Å². The van der Waals surface area contributed by atoms with Crippen molar-refractivity contribution >= 4 is 29.4 Å². The topological polar surface area (TPSA) is 68.8 Å². The van der Waals surface area contributed by atoms with Gasteiger partial charge in [-0.2, -0.15) is 0 Å². The summed E-state index contributed by atoms with van der Waals surface area (Å²) < 4.78 is 13.5. The number of rotatable bonds is 3. The number of pyridine rings is 1. The number of urea groups is 2. The van der Waals surface area contributed by atoms with E-state index in [1.165, 1.54) is 18.3 Å². The molecular formula is C22H29ClFN5O2. The Morgan fingerprint density at radius 3 is 2.45 bits per heavy atom. The van der Waals surface area contributed by atoms with Gasteiger partial charge in [-0.25, -0.2) is 14.0 Å². The molecule has 1 saturated heterocycles. The monoisotopic (exact) mass is 449 g/mol. The highest BCUT2D eigenvalue weighted by Crippen LogP contribution is 2.28. The van der Waals surface area contributed by atoms with Gasteiger partial charge in [0.25, 0.3) is 0 Å². The average molecular weight is 450 g/mol. The molecule has 9 heteroatoms. The van der Waals surface area contributed by atoms with E-state index in [2.05, 4.69) is 10.3 Å². The smallest absolute Gasteiger partial charge is 0.321 e. The van der Waals surface area contributed by atoms with Crippen LogP contribution in [0.1, 0.15) is 20.3 Å². The summed E-state index contributed by atoms with van der Waals surface area (Å²) >= 11 is 6.31. The molecule has 0 saturated carbocycles. The number of benzene rings is 1. The first-order valence-electron chi connectivity index (χ1n) is 9.68. The maximum atomic E-state index is 13.5. The van der Waals surface area contributed by atoms with Crippen molar-refractivity contribution in [1.82, 2.24) is 19.7 Å². The maximum absolute atomic E-state index is 13.5. The van der Waals surface area contributed by atoms with Crippen LogP contribution >= 0.6 is 11.6 Å². The Balaban J connectivity index is 0.00000341. The molecule has 0 bridgehead atoms. The number of carbonyl (C=O) groups excluding carboxylic acids is 2. The van der Waals surface area contributed by atoms with Crippen LogP contribution < -0.4 is 5.32 Å². The molecule has 0 aliphatic carbocycles. The number of carbonyl (C=O) groups is 2. The lowest BCUT2D eigenvalue weighted by molar-refractivity contribution is 0.131. The Bertz CT molecular complexity index is 932. The molecule has 0 radical (unpaired) electrons. The zero-order valence-corrected chi connectivity index (χ0v) is 18.0. The minimum absolute atomic E-state index is 0. The van der Waals surface area contributed by atoms with E-state index in [1.54, 1.807) is 54.0 Å². The minimum Gasteiger partial charge on any atom is -0.331 e. The summed E-state index contributed by atoms with van der Waals surface area (Å²) in [6.45, 7) is 1.21. The van der Waals surface area contributed by atoms with Crippen LogP contribution in [0, 0.1) is 5.82 Å². The van der Waals surface area contributed by atoms with Gasteiger partial charge in [0.15, 0.2) is 0 Å². The average Bonchev–Trinajstić information content (AvgIpc) is 2.72. The van der Waals surface area contributed by atoms with Gasteiger partial charge in [-0.1, -0.05) is 31.2 Å². The summed E-state index contributed by atoms with van der Waals surface area (Å²) in [5, 5.41) is 3.12. The van der Waals surface area contributed by atoms with Gasteiger partial charge < -0.3 is 20.0 Å². The van der Waals surface area contributed by atoms with Crippen molar-refractivity contribution in [3.63, 3.8) is 0 Å². The van der Waals surface area contributed by atoms with Crippen molar-refractivity contribution in [2.24, 2.45) is 0 Å². The summed E-state index contributed by atoms with van der Waals surface area (Å²) in [6.07, 6.45) is 2.91. The molecule has 1 N–H and O–H groups in total. The molecule has 4 amide bonds. The van der Waals surface area contributed by atoms with E-state index < -0.39 is 0 Å². The van der Waals surface area contributed by atoms with Crippen molar-refractivity contribution < 1.29 is 14.0 Å². The molecule has 0 atom stereocenters. The standard InChI is InChI=1S/C21H25ClFN5O2.CH4/c1-26(2)21(30)28-9-7-17(8-10-28)27(3)20(29)25-16-12-18(22)19(24-13-16)14-5-4-6-15(23)11-14;/h4-6,11-13,17H,7-10H2,1-3H3,(H,25,29);1H4. The SMILES string of the molecule is C.CN(C)C(=O)N1CCC(N(C)C(=O)Nc2cnc(-c3cccc(F)c3)c(Cl)c2)CC1. The number of halogens is 2. The van der Waals surface area contributed by atoms with Gasteiger partial charge in [-0.3, -0.25) is 4.98 Å². The Morgan fingerprint density at radius 2 is 1.87 bits per heavy atom.